The molecule has 0 radical (unpaired) electrons. The van der Waals surface area contributed by atoms with Crippen LogP contribution in [-0.4, -0.2) is 31.9 Å². The van der Waals surface area contributed by atoms with E-state index in [0.717, 1.165) is 30.4 Å². The Hall–Kier alpha value is -1.27. The van der Waals surface area contributed by atoms with Gasteiger partial charge < -0.3 is 4.57 Å². The molecule has 0 saturated carbocycles. The maximum absolute atomic E-state index is 11.8. The van der Waals surface area contributed by atoms with Crippen molar-refractivity contribution in [3.63, 3.8) is 0 Å². The van der Waals surface area contributed by atoms with Crippen molar-refractivity contribution in [3.8, 4) is 0 Å². The van der Waals surface area contributed by atoms with E-state index >= 15 is 0 Å². The number of hydrogen-bond acceptors (Lipinski definition) is 4. The van der Waals surface area contributed by atoms with E-state index in [2.05, 4.69) is 20.8 Å². The second-order valence-corrected chi connectivity index (χ2v) is 5.12. The minimum atomic E-state index is -0.102. The molecule has 0 amide bonds. The summed E-state index contributed by atoms with van der Waals surface area (Å²) in [6.07, 6.45) is 4.84. The first-order chi connectivity index (χ1) is 8.22. The lowest BCUT2D eigenvalue weighted by Gasteiger charge is -2.25. The zero-order valence-electron chi connectivity index (χ0n) is 9.86. The summed E-state index contributed by atoms with van der Waals surface area (Å²) in [6, 6.07) is 0. The van der Waals surface area contributed by atoms with Crippen LogP contribution in [0.4, 0.5) is 0 Å². The van der Waals surface area contributed by atoms with Crippen molar-refractivity contribution >= 4 is 22.9 Å². The molecule has 0 fully saturated rings. The summed E-state index contributed by atoms with van der Waals surface area (Å²) in [5.41, 5.74) is 3.16. The molecule has 3 heterocycles. The number of aryl methyl sites for hydroxylation is 1. The lowest BCUT2D eigenvalue weighted by atomic mass is 10.1. The second kappa shape index (κ2) is 3.89. The van der Waals surface area contributed by atoms with Gasteiger partial charge in [-0.2, -0.15) is 5.10 Å². The van der Waals surface area contributed by atoms with Crippen LogP contribution in [0, 0.1) is 0 Å². The van der Waals surface area contributed by atoms with Crippen LogP contribution in [0.25, 0.3) is 10.9 Å². The molecule has 17 heavy (non-hydrogen) atoms. The minimum absolute atomic E-state index is 0.102. The smallest absolute Gasteiger partial charge is 0.288 e. The molecule has 5 nitrogen and oxygen atoms in total. The average molecular weight is 250 g/mol. The lowest BCUT2D eigenvalue weighted by molar-refractivity contribution is 0.433. The molecule has 0 saturated heterocycles. The standard InChI is InChI=1S/C11H14N4OS/c1-14-9-6-15(17-2)4-3-7(9)8-5-12-13-11(16)10(8)14/h5H,3-4,6H2,1-2H3,(H,13,16). The lowest BCUT2D eigenvalue weighted by Crippen LogP contribution is -2.25. The largest absolute Gasteiger partial charge is 0.342 e. The number of nitrogens with one attached hydrogen (secondary N) is 1. The fourth-order valence-corrected chi connectivity index (χ4v) is 3.08. The molecule has 6 heteroatoms. The molecule has 2 aromatic rings. The summed E-state index contributed by atoms with van der Waals surface area (Å²) >= 11 is 1.75. The van der Waals surface area contributed by atoms with Crippen molar-refractivity contribution < 1.29 is 0 Å². The first kappa shape index (κ1) is 10.9. The van der Waals surface area contributed by atoms with Gasteiger partial charge in [-0.3, -0.25) is 4.79 Å². The molecule has 90 valence electrons. The monoisotopic (exact) mass is 250 g/mol. The Morgan fingerprint density at radius 1 is 1.53 bits per heavy atom. The maximum atomic E-state index is 11.8. The summed E-state index contributed by atoms with van der Waals surface area (Å²) in [7, 11) is 1.96. The molecule has 1 N–H and O–H groups in total. The van der Waals surface area contributed by atoms with E-state index in [1.807, 2.05) is 11.6 Å². The maximum Gasteiger partial charge on any atom is 0.288 e. The normalized spacial score (nSPS) is 16.4. The van der Waals surface area contributed by atoms with Crippen LogP contribution in [-0.2, 0) is 20.0 Å². The second-order valence-electron chi connectivity index (χ2n) is 4.24. The van der Waals surface area contributed by atoms with Gasteiger partial charge >= 0.3 is 0 Å². The molecule has 0 bridgehead atoms. The molecule has 1 aliphatic rings. The predicted octanol–water partition coefficient (Wildman–Crippen LogP) is 0.898. The van der Waals surface area contributed by atoms with Crippen LogP contribution >= 0.6 is 11.9 Å². The van der Waals surface area contributed by atoms with Gasteiger partial charge in [0.25, 0.3) is 5.56 Å². The molecule has 3 rings (SSSR count). The van der Waals surface area contributed by atoms with Gasteiger partial charge in [0.15, 0.2) is 0 Å². The van der Waals surface area contributed by atoms with Gasteiger partial charge in [-0.15, -0.1) is 0 Å². The van der Waals surface area contributed by atoms with Crippen LogP contribution in [0.2, 0.25) is 0 Å². The van der Waals surface area contributed by atoms with Gasteiger partial charge in [0.1, 0.15) is 5.52 Å². The summed E-state index contributed by atoms with van der Waals surface area (Å²) in [5.74, 6) is 0. The van der Waals surface area contributed by atoms with E-state index in [9.17, 15) is 4.79 Å². The third kappa shape index (κ3) is 1.51. The third-order valence-electron chi connectivity index (χ3n) is 3.44. The molecule has 0 aromatic carbocycles. The number of aromatic nitrogens is 3. The van der Waals surface area contributed by atoms with E-state index in [4.69, 9.17) is 0 Å². The molecule has 0 atom stereocenters. The highest BCUT2D eigenvalue weighted by atomic mass is 32.2. The van der Waals surface area contributed by atoms with E-state index in [0.29, 0.717) is 0 Å². The Kier molecular flexibility index (Phi) is 2.48. The highest BCUT2D eigenvalue weighted by Gasteiger charge is 2.23. The number of nitrogens with zero attached hydrogens (tertiary/aromatic N) is 3. The molecule has 0 aliphatic carbocycles. The van der Waals surface area contributed by atoms with Crippen LogP contribution in [0.1, 0.15) is 11.3 Å². The Morgan fingerprint density at radius 2 is 2.35 bits per heavy atom. The van der Waals surface area contributed by atoms with E-state index < -0.39 is 0 Å². The summed E-state index contributed by atoms with van der Waals surface area (Å²) < 4.78 is 4.32. The molecule has 1 aliphatic heterocycles. The number of H-pyrrole nitrogens is 1. The van der Waals surface area contributed by atoms with Crippen molar-refractivity contribution in [1.29, 1.82) is 0 Å². The number of aromatic amines is 1. The van der Waals surface area contributed by atoms with Gasteiger partial charge in [-0.25, -0.2) is 9.40 Å². The molecule has 0 unspecified atom stereocenters. The van der Waals surface area contributed by atoms with E-state index in [1.165, 1.54) is 11.3 Å². The highest BCUT2D eigenvalue weighted by molar-refractivity contribution is 7.96. The Labute approximate surface area is 103 Å². The summed E-state index contributed by atoms with van der Waals surface area (Å²) in [6.45, 7) is 1.92. The van der Waals surface area contributed by atoms with Gasteiger partial charge in [0.2, 0.25) is 0 Å². The van der Waals surface area contributed by atoms with E-state index in [1.54, 1.807) is 18.1 Å². The topological polar surface area (TPSA) is 53.9 Å². The van der Waals surface area contributed by atoms with Gasteiger partial charge in [0, 0.05) is 31.2 Å². The summed E-state index contributed by atoms with van der Waals surface area (Å²) in [4.78, 5) is 11.8. The summed E-state index contributed by atoms with van der Waals surface area (Å²) in [5, 5.41) is 7.41. The van der Waals surface area contributed by atoms with E-state index in [-0.39, 0.29) is 5.56 Å². The van der Waals surface area contributed by atoms with Gasteiger partial charge in [-0.1, -0.05) is 11.9 Å². The highest BCUT2D eigenvalue weighted by Crippen LogP contribution is 2.29. The fraction of sp³-hybridized carbons (Fsp3) is 0.455. The predicted molar refractivity (Wildman–Crippen MR) is 69.0 cm³/mol. The number of rotatable bonds is 1. The molecule has 2 aromatic heterocycles. The Morgan fingerprint density at radius 3 is 3.12 bits per heavy atom. The zero-order valence-corrected chi connectivity index (χ0v) is 10.7. The van der Waals surface area contributed by atoms with Crippen LogP contribution in [0.15, 0.2) is 11.0 Å². The first-order valence-corrected chi connectivity index (χ1v) is 6.73. The zero-order chi connectivity index (χ0) is 12.0. The molecular formula is C11H14N4OS. The van der Waals surface area contributed by atoms with Crippen molar-refractivity contribution in [2.24, 2.45) is 7.05 Å². The van der Waals surface area contributed by atoms with Crippen LogP contribution in [0.5, 0.6) is 0 Å². The van der Waals surface area contributed by atoms with Gasteiger partial charge in [-0.05, 0) is 18.2 Å². The van der Waals surface area contributed by atoms with Crippen molar-refractivity contribution in [1.82, 2.24) is 19.1 Å². The van der Waals surface area contributed by atoms with Crippen molar-refractivity contribution in [2.45, 2.75) is 13.0 Å². The van der Waals surface area contributed by atoms with Crippen LogP contribution < -0.4 is 5.56 Å². The Bertz CT molecular complexity index is 630. The average Bonchev–Trinajstić information content (AvgIpc) is 2.64. The van der Waals surface area contributed by atoms with Crippen molar-refractivity contribution in [2.75, 3.05) is 12.8 Å². The number of fused-ring (bicyclic) bond motifs is 3. The molecular weight excluding hydrogens is 236 g/mol. The quantitative estimate of drug-likeness (QED) is 0.764. The fourth-order valence-electron chi connectivity index (χ4n) is 2.56. The van der Waals surface area contributed by atoms with Crippen LogP contribution in [0.3, 0.4) is 0 Å². The Balaban J connectivity index is 2.29. The molecule has 0 spiro atoms. The first-order valence-electron chi connectivity index (χ1n) is 5.55. The minimum Gasteiger partial charge on any atom is -0.342 e. The van der Waals surface area contributed by atoms with Crippen molar-refractivity contribution in [3.05, 3.63) is 27.8 Å². The third-order valence-corrected chi connectivity index (χ3v) is 4.27. The SMILES string of the molecule is CSN1CCc2c(n(C)c3c(=O)[nH]ncc23)C1. The van der Waals surface area contributed by atoms with Gasteiger partial charge in [0.05, 0.1) is 6.20 Å². The number of hydrogen-bond donors (Lipinski definition) is 1.